The molecular formula is C13H18O6. The van der Waals surface area contributed by atoms with Crippen LogP contribution >= 0.6 is 0 Å². The van der Waals surface area contributed by atoms with Crippen LogP contribution in [0, 0.1) is 11.8 Å². The molecule has 19 heavy (non-hydrogen) atoms. The van der Waals surface area contributed by atoms with Crippen molar-refractivity contribution in [2.24, 2.45) is 0 Å². The third-order valence-corrected chi connectivity index (χ3v) is 3.06. The van der Waals surface area contributed by atoms with Crippen molar-refractivity contribution in [2.75, 3.05) is 6.61 Å². The highest BCUT2D eigenvalue weighted by atomic mass is 16.8. The molecule has 0 aromatic heterocycles. The maximum atomic E-state index is 11.4. The van der Waals surface area contributed by atoms with Crippen LogP contribution in [0.3, 0.4) is 0 Å². The van der Waals surface area contributed by atoms with Crippen LogP contribution < -0.4 is 0 Å². The standard InChI is InChI=1S/C13H18O6/c1-5-6-13(17-8(2)15)9(7-14)16-11-10(13)18-12(3,4)19-11/h9-11,14H,7H2,1-4H3/t9-,10+,11-,13-/m1/s1. The molecule has 2 aliphatic rings. The maximum absolute atomic E-state index is 11.4. The van der Waals surface area contributed by atoms with Gasteiger partial charge in [-0.25, -0.2) is 0 Å². The highest BCUT2D eigenvalue weighted by molar-refractivity contribution is 5.67. The van der Waals surface area contributed by atoms with Gasteiger partial charge in [0.1, 0.15) is 6.10 Å². The van der Waals surface area contributed by atoms with E-state index in [9.17, 15) is 9.90 Å². The molecule has 4 atom stereocenters. The zero-order valence-electron chi connectivity index (χ0n) is 11.4. The van der Waals surface area contributed by atoms with Gasteiger partial charge in [-0.1, -0.05) is 0 Å². The molecule has 2 fully saturated rings. The molecule has 6 nitrogen and oxygen atoms in total. The quantitative estimate of drug-likeness (QED) is 0.570. The summed E-state index contributed by atoms with van der Waals surface area (Å²) in [6, 6.07) is 0. The molecule has 106 valence electrons. The molecule has 0 saturated carbocycles. The minimum Gasteiger partial charge on any atom is -0.440 e. The lowest BCUT2D eigenvalue weighted by atomic mass is 9.92. The van der Waals surface area contributed by atoms with Crippen molar-refractivity contribution in [3.63, 3.8) is 0 Å². The van der Waals surface area contributed by atoms with E-state index >= 15 is 0 Å². The van der Waals surface area contributed by atoms with Gasteiger partial charge < -0.3 is 24.1 Å². The fourth-order valence-electron chi connectivity index (χ4n) is 2.48. The molecule has 0 amide bonds. The lowest BCUT2D eigenvalue weighted by Crippen LogP contribution is -2.52. The molecule has 0 aromatic rings. The van der Waals surface area contributed by atoms with E-state index in [-0.39, 0.29) is 6.61 Å². The van der Waals surface area contributed by atoms with Crippen molar-refractivity contribution >= 4 is 5.97 Å². The number of carbonyl (C=O) groups is 1. The number of hydrogen-bond donors (Lipinski definition) is 1. The molecule has 0 unspecified atom stereocenters. The number of hydrogen-bond acceptors (Lipinski definition) is 6. The molecule has 2 saturated heterocycles. The van der Waals surface area contributed by atoms with Crippen LogP contribution in [-0.2, 0) is 23.7 Å². The van der Waals surface area contributed by atoms with Crippen LogP contribution in [0.4, 0.5) is 0 Å². The second kappa shape index (κ2) is 4.76. The Morgan fingerprint density at radius 2 is 2.11 bits per heavy atom. The van der Waals surface area contributed by atoms with E-state index in [4.69, 9.17) is 18.9 Å². The van der Waals surface area contributed by atoms with Crippen LogP contribution in [0.15, 0.2) is 0 Å². The number of aliphatic hydroxyl groups is 1. The van der Waals surface area contributed by atoms with E-state index in [2.05, 4.69) is 11.8 Å². The molecule has 2 aliphatic heterocycles. The second-order valence-electron chi connectivity index (χ2n) is 4.99. The van der Waals surface area contributed by atoms with Gasteiger partial charge in [-0.15, -0.1) is 5.92 Å². The zero-order chi connectivity index (χ0) is 14.3. The molecule has 0 aliphatic carbocycles. The number of ether oxygens (including phenoxy) is 4. The normalized spacial score (nSPS) is 39.3. The zero-order valence-corrected chi connectivity index (χ0v) is 11.4. The van der Waals surface area contributed by atoms with Gasteiger partial charge in [0.2, 0.25) is 5.60 Å². The summed E-state index contributed by atoms with van der Waals surface area (Å²) in [5.41, 5.74) is -1.34. The van der Waals surface area contributed by atoms with Gasteiger partial charge in [0.25, 0.3) is 0 Å². The molecule has 2 heterocycles. The van der Waals surface area contributed by atoms with E-state index < -0.39 is 35.9 Å². The van der Waals surface area contributed by atoms with Crippen molar-refractivity contribution in [3.8, 4) is 11.8 Å². The number of carbonyl (C=O) groups excluding carboxylic acids is 1. The highest BCUT2D eigenvalue weighted by Gasteiger charge is 2.65. The summed E-state index contributed by atoms with van der Waals surface area (Å²) in [6.07, 6.45) is -2.20. The van der Waals surface area contributed by atoms with E-state index in [1.165, 1.54) is 6.92 Å². The van der Waals surface area contributed by atoms with Crippen LogP contribution in [0.25, 0.3) is 0 Å². The van der Waals surface area contributed by atoms with Crippen LogP contribution in [-0.4, -0.2) is 47.6 Å². The average molecular weight is 270 g/mol. The molecule has 6 heteroatoms. The average Bonchev–Trinajstić information content (AvgIpc) is 2.71. The van der Waals surface area contributed by atoms with E-state index in [1.807, 2.05) is 0 Å². The first kappa shape index (κ1) is 14.3. The number of esters is 1. The lowest BCUT2D eigenvalue weighted by molar-refractivity contribution is -0.230. The van der Waals surface area contributed by atoms with Gasteiger partial charge in [-0.3, -0.25) is 4.79 Å². The first-order valence-electron chi connectivity index (χ1n) is 6.10. The predicted molar refractivity (Wildman–Crippen MR) is 63.7 cm³/mol. The van der Waals surface area contributed by atoms with Gasteiger partial charge in [-0.05, 0) is 26.7 Å². The molecule has 1 N–H and O–H groups in total. The minimum atomic E-state index is -1.34. The Balaban J connectivity index is 2.40. The van der Waals surface area contributed by atoms with Crippen molar-refractivity contribution in [2.45, 2.75) is 57.6 Å². The number of fused-ring (bicyclic) bond motifs is 1. The van der Waals surface area contributed by atoms with E-state index in [0.29, 0.717) is 0 Å². The number of aliphatic hydroxyl groups excluding tert-OH is 1. The highest BCUT2D eigenvalue weighted by Crippen LogP contribution is 2.44. The molecule has 0 aromatic carbocycles. The Bertz CT molecular complexity index is 434. The van der Waals surface area contributed by atoms with Gasteiger partial charge in [0, 0.05) is 6.92 Å². The maximum Gasteiger partial charge on any atom is 0.304 e. The molecule has 0 radical (unpaired) electrons. The number of rotatable bonds is 2. The summed E-state index contributed by atoms with van der Waals surface area (Å²) in [5.74, 6) is 4.16. The minimum absolute atomic E-state index is 0.345. The van der Waals surface area contributed by atoms with Crippen LogP contribution in [0.1, 0.15) is 27.7 Å². The Labute approximate surface area is 112 Å². The van der Waals surface area contributed by atoms with Crippen molar-refractivity contribution in [1.29, 1.82) is 0 Å². The summed E-state index contributed by atoms with van der Waals surface area (Å²) in [5, 5.41) is 9.43. The topological polar surface area (TPSA) is 74.2 Å². The Hall–Kier alpha value is -1.13. The van der Waals surface area contributed by atoms with E-state index in [1.54, 1.807) is 20.8 Å². The molecule has 0 bridgehead atoms. The van der Waals surface area contributed by atoms with Crippen LogP contribution in [0.5, 0.6) is 0 Å². The first-order valence-corrected chi connectivity index (χ1v) is 6.10. The Morgan fingerprint density at radius 3 is 2.63 bits per heavy atom. The summed E-state index contributed by atoms with van der Waals surface area (Å²) in [4.78, 5) is 11.4. The summed E-state index contributed by atoms with van der Waals surface area (Å²) < 4.78 is 22.2. The van der Waals surface area contributed by atoms with Gasteiger partial charge in [0.15, 0.2) is 18.2 Å². The first-order chi connectivity index (χ1) is 8.84. The third-order valence-electron chi connectivity index (χ3n) is 3.06. The summed E-state index contributed by atoms with van der Waals surface area (Å²) in [7, 11) is 0. The fraction of sp³-hybridized carbons (Fsp3) is 0.769. The van der Waals surface area contributed by atoms with Crippen molar-refractivity contribution in [1.82, 2.24) is 0 Å². The molecular weight excluding hydrogens is 252 g/mol. The van der Waals surface area contributed by atoms with E-state index in [0.717, 1.165) is 0 Å². The molecule has 2 rings (SSSR count). The second-order valence-corrected chi connectivity index (χ2v) is 4.99. The van der Waals surface area contributed by atoms with Crippen molar-refractivity contribution < 1.29 is 28.8 Å². The van der Waals surface area contributed by atoms with Gasteiger partial charge >= 0.3 is 5.97 Å². The Kier molecular flexibility index (Phi) is 3.58. The lowest BCUT2D eigenvalue weighted by Gasteiger charge is -2.32. The van der Waals surface area contributed by atoms with Crippen molar-refractivity contribution in [3.05, 3.63) is 0 Å². The van der Waals surface area contributed by atoms with Gasteiger partial charge in [0.05, 0.1) is 6.61 Å². The van der Waals surface area contributed by atoms with Crippen LogP contribution in [0.2, 0.25) is 0 Å². The predicted octanol–water partition coefficient (Wildman–Crippen LogP) is 0.180. The summed E-state index contributed by atoms with van der Waals surface area (Å²) in [6.45, 7) is 6.03. The Morgan fingerprint density at radius 1 is 1.42 bits per heavy atom. The summed E-state index contributed by atoms with van der Waals surface area (Å²) >= 11 is 0. The molecule has 0 spiro atoms. The monoisotopic (exact) mass is 270 g/mol. The fourth-order valence-corrected chi connectivity index (χ4v) is 2.48. The SMILES string of the molecule is CC#C[C@@]1(OC(C)=O)[C@@H](CO)O[C@@H]2OC(C)(C)O[C@@H]21. The largest absolute Gasteiger partial charge is 0.440 e. The smallest absolute Gasteiger partial charge is 0.304 e. The third kappa shape index (κ3) is 2.35. The van der Waals surface area contributed by atoms with Gasteiger partial charge in [-0.2, -0.15) is 0 Å².